The highest BCUT2D eigenvalue weighted by atomic mass is 16.5. The molecule has 11 heteroatoms. The van der Waals surface area contributed by atoms with Crippen molar-refractivity contribution in [2.45, 2.75) is 37.5 Å². The highest BCUT2D eigenvalue weighted by Crippen LogP contribution is 2.37. The maximum Gasteiger partial charge on any atom is 0.212 e. The van der Waals surface area contributed by atoms with Gasteiger partial charge in [-0.1, -0.05) is 6.07 Å². The molecular weight excluding hydrogens is 556 g/mol. The zero-order valence-electron chi connectivity index (χ0n) is 24.9. The number of hydrogen-bond acceptors (Lipinski definition) is 10. The molecule has 0 amide bonds. The first kappa shape index (κ1) is 27.3. The molecule has 8 heterocycles. The van der Waals surface area contributed by atoms with Crippen molar-refractivity contribution in [3.63, 3.8) is 0 Å². The van der Waals surface area contributed by atoms with Crippen LogP contribution in [0.1, 0.15) is 24.0 Å². The Morgan fingerprint density at radius 3 is 2.73 bits per heavy atom. The number of methoxy groups -OCH3 is 1. The Balaban J connectivity index is 0.978. The Labute approximate surface area is 256 Å². The van der Waals surface area contributed by atoms with Gasteiger partial charge in [-0.3, -0.25) is 9.80 Å². The van der Waals surface area contributed by atoms with Gasteiger partial charge < -0.3 is 19.1 Å². The molecule has 0 radical (unpaired) electrons. The van der Waals surface area contributed by atoms with Gasteiger partial charge in [-0.15, -0.1) is 0 Å². The molecule has 4 saturated heterocycles. The van der Waals surface area contributed by atoms with E-state index >= 15 is 0 Å². The summed E-state index contributed by atoms with van der Waals surface area (Å²) in [5.41, 5.74) is 4.33. The van der Waals surface area contributed by atoms with Gasteiger partial charge in [0.1, 0.15) is 24.2 Å². The normalized spacial score (nSPS) is 24.7. The van der Waals surface area contributed by atoms with Gasteiger partial charge in [-0.2, -0.15) is 10.4 Å². The molecule has 4 atom stereocenters. The molecule has 2 bridgehead atoms. The molecule has 8 rings (SSSR count). The van der Waals surface area contributed by atoms with E-state index < -0.39 is 0 Å². The molecule has 4 fully saturated rings. The zero-order chi connectivity index (χ0) is 29.6. The van der Waals surface area contributed by atoms with Gasteiger partial charge in [-0.05, 0) is 42.5 Å². The highest BCUT2D eigenvalue weighted by molar-refractivity contribution is 5.85. The van der Waals surface area contributed by atoms with Crippen molar-refractivity contribution in [2.24, 2.45) is 5.92 Å². The second-order valence-corrected chi connectivity index (χ2v) is 12.3. The predicted octanol–water partition coefficient (Wildman–Crippen LogP) is 3.23. The van der Waals surface area contributed by atoms with Crippen molar-refractivity contribution in [3.8, 4) is 28.8 Å². The van der Waals surface area contributed by atoms with Gasteiger partial charge in [-0.25, -0.2) is 14.5 Å². The average molecular weight is 593 g/mol. The van der Waals surface area contributed by atoms with Gasteiger partial charge in [0.15, 0.2) is 0 Å². The third-order valence-corrected chi connectivity index (χ3v) is 9.82. The van der Waals surface area contributed by atoms with Crippen LogP contribution in [0.4, 0.5) is 5.82 Å². The summed E-state index contributed by atoms with van der Waals surface area (Å²) in [6.45, 7) is 7.09. The fourth-order valence-corrected chi connectivity index (χ4v) is 7.59. The van der Waals surface area contributed by atoms with E-state index in [0.717, 1.165) is 74.1 Å². The maximum atomic E-state index is 9.81. The Bertz CT molecular complexity index is 1670. The minimum absolute atomic E-state index is 0.445. The van der Waals surface area contributed by atoms with E-state index in [2.05, 4.69) is 49.1 Å². The highest BCUT2D eigenvalue weighted by Gasteiger charge is 2.42. The van der Waals surface area contributed by atoms with Gasteiger partial charge in [0.25, 0.3) is 0 Å². The third-order valence-electron chi connectivity index (χ3n) is 9.82. The van der Waals surface area contributed by atoms with E-state index in [1.165, 1.54) is 18.4 Å². The van der Waals surface area contributed by atoms with Gasteiger partial charge in [0, 0.05) is 80.4 Å². The Hall–Kier alpha value is -4.24. The summed E-state index contributed by atoms with van der Waals surface area (Å²) in [5.74, 6) is 3.00. The van der Waals surface area contributed by atoms with Crippen LogP contribution in [0, 0.1) is 17.2 Å². The van der Waals surface area contributed by atoms with Crippen molar-refractivity contribution in [1.82, 2.24) is 29.4 Å². The topological polar surface area (TPSA) is 104 Å². The van der Waals surface area contributed by atoms with Crippen LogP contribution < -0.4 is 14.4 Å². The van der Waals surface area contributed by atoms with E-state index in [-0.39, 0.29) is 0 Å². The number of fused-ring (bicyclic) bond motifs is 4. The molecule has 4 unspecified atom stereocenters. The SMILES string of the molecule is COc1ccc(CN2CC3CCN(c4ccc(-c5cc(OCCN6C7COCC6C7)cn6ncc(C#N)c56)cn4)C3C2)cn1. The maximum absolute atomic E-state index is 9.81. The first-order valence-corrected chi connectivity index (χ1v) is 15.5. The van der Waals surface area contributed by atoms with Crippen molar-refractivity contribution < 1.29 is 14.2 Å². The standard InChI is InChI=1S/C33H36N8O3/c1-42-32-5-2-22(13-36-32)16-38-17-24-6-7-40(30(24)19-38)31-4-3-23(14-35-31)29-11-28(18-41-33(29)25(12-34)15-37-41)44-9-8-39-26-10-27(39)21-43-20-26/h2-5,11,13-15,18,24,26-27,30H,6-10,16-17,19-21H2,1H3. The van der Waals surface area contributed by atoms with Crippen molar-refractivity contribution >= 4 is 11.3 Å². The molecule has 4 aliphatic heterocycles. The number of rotatable bonds is 9. The second-order valence-electron chi connectivity index (χ2n) is 12.3. The van der Waals surface area contributed by atoms with E-state index in [0.29, 0.717) is 42.1 Å². The first-order chi connectivity index (χ1) is 21.7. The summed E-state index contributed by atoms with van der Waals surface area (Å²) in [5, 5.41) is 14.3. The lowest BCUT2D eigenvalue weighted by molar-refractivity contribution is -0.129. The minimum atomic E-state index is 0.445. The molecular formula is C33H36N8O3. The van der Waals surface area contributed by atoms with Gasteiger partial charge in [0.2, 0.25) is 5.88 Å². The number of nitriles is 1. The molecule has 44 heavy (non-hydrogen) atoms. The van der Waals surface area contributed by atoms with Crippen LogP contribution in [0.15, 0.2) is 55.1 Å². The van der Waals surface area contributed by atoms with Crippen LogP contribution in [0.3, 0.4) is 0 Å². The second kappa shape index (κ2) is 11.4. The summed E-state index contributed by atoms with van der Waals surface area (Å²) in [6, 6.07) is 14.1. The lowest BCUT2D eigenvalue weighted by atomic mass is 9.91. The summed E-state index contributed by atoms with van der Waals surface area (Å²) in [6.07, 6.45) is 9.70. The number of aromatic nitrogens is 4. The van der Waals surface area contributed by atoms with Crippen LogP contribution in [-0.2, 0) is 11.3 Å². The smallest absolute Gasteiger partial charge is 0.212 e. The fourth-order valence-electron chi connectivity index (χ4n) is 7.59. The van der Waals surface area contributed by atoms with E-state index in [1.807, 2.05) is 30.7 Å². The van der Waals surface area contributed by atoms with Crippen LogP contribution >= 0.6 is 0 Å². The number of likely N-dealkylation sites (tertiary alicyclic amines) is 1. The van der Waals surface area contributed by atoms with Gasteiger partial charge in [0.05, 0.1) is 43.8 Å². The third kappa shape index (κ3) is 4.93. The summed E-state index contributed by atoms with van der Waals surface area (Å²) in [7, 11) is 1.64. The molecule has 0 N–H and O–H groups in total. The summed E-state index contributed by atoms with van der Waals surface area (Å²) in [4.78, 5) is 16.8. The number of nitrogens with zero attached hydrogens (tertiary/aromatic N) is 8. The lowest BCUT2D eigenvalue weighted by Crippen LogP contribution is -2.64. The molecule has 0 aromatic carbocycles. The molecule has 226 valence electrons. The quantitative estimate of drug-likeness (QED) is 0.288. The summed E-state index contributed by atoms with van der Waals surface area (Å²) < 4.78 is 18.8. The average Bonchev–Trinajstić information content (AvgIpc) is 3.78. The van der Waals surface area contributed by atoms with Crippen molar-refractivity contribution in [1.29, 1.82) is 5.26 Å². The minimum Gasteiger partial charge on any atom is -0.491 e. The molecule has 4 aliphatic rings. The molecule has 0 spiro atoms. The number of anilines is 1. The largest absolute Gasteiger partial charge is 0.491 e. The van der Waals surface area contributed by atoms with E-state index in [4.69, 9.17) is 19.2 Å². The molecule has 4 aromatic rings. The monoisotopic (exact) mass is 592 g/mol. The van der Waals surface area contributed by atoms with Crippen molar-refractivity contribution in [3.05, 3.63) is 66.2 Å². The number of pyridine rings is 3. The van der Waals surface area contributed by atoms with Gasteiger partial charge >= 0.3 is 0 Å². The van der Waals surface area contributed by atoms with Crippen LogP contribution in [0.5, 0.6) is 11.6 Å². The molecule has 4 aromatic heterocycles. The Morgan fingerprint density at radius 1 is 1.07 bits per heavy atom. The van der Waals surface area contributed by atoms with Crippen LogP contribution in [-0.4, -0.2) is 101 Å². The van der Waals surface area contributed by atoms with E-state index in [1.54, 1.807) is 17.8 Å². The molecule has 0 aliphatic carbocycles. The fraction of sp³-hybridized carbons (Fsp3) is 0.455. The van der Waals surface area contributed by atoms with Crippen LogP contribution in [0.25, 0.3) is 16.6 Å². The van der Waals surface area contributed by atoms with Crippen LogP contribution in [0.2, 0.25) is 0 Å². The first-order valence-electron chi connectivity index (χ1n) is 15.5. The number of morpholine rings is 1. The van der Waals surface area contributed by atoms with E-state index in [9.17, 15) is 5.26 Å². The lowest BCUT2D eigenvalue weighted by Gasteiger charge is -2.52. The number of ether oxygens (including phenoxy) is 3. The summed E-state index contributed by atoms with van der Waals surface area (Å²) >= 11 is 0. The predicted molar refractivity (Wildman–Crippen MR) is 164 cm³/mol. The zero-order valence-corrected chi connectivity index (χ0v) is 24.9. The Kier molecular flexibility index (Phi) is 7.05. The van der Waals surface area contributed by atoms with Crippen molar-refractivity contribution in [2.75, 3.05) is 58.0 Å². The molecule has 0 saturated carbocycles. The number of hydrogen-bond donors (Lipinski definition) is 0. The molecule has 11 nitrogen and oxygen atoms in total. The Morgan fingerprint density at radius 2 is 1.98 bits per heavy atom.